The SMILES string of the molecule is COc1nc(Nc2cccc(Cl)c2C)ncc1Br. The molecule has 0 saturated heterocycles. The summed E-state index contributed by atoms with van der Waals surface area (Å²) in [4.78, 5) is 8.38. The fraction of sp³-hybridized carbons (Fsp3) is 0.167. The molecule has 1 N–H and O–H groups in total. The molecule has 18 heavy (non-hydrogen) atoms. The second-order valence-corrected chi connectivity index (χ2v) is 4.85. The lowest BCUT2D eigenvalue weighted by molar-refractivity contribution is 0.394. The zero-order valence-electron chi connectivity index (χ0n) is 9.87. The molecule has 0 aliphatic heterocycles. The lowest BCUT2D eigenvalue weighted by atomic mass is 10.2. The second kappa shape index (κ2) is 5.54. The number of nitrogens with zero attached hydrogens (tertiary/aromatic N) is 2. The van der Waals surface area contributed by atoms with E-state index in [0.29, 0.717) is 21.3 Å². The first-order valence-corrected chi connectivity index (χ1v) is 6.37. The maximum atomic E-state index is 6.05. The predicted molar refractivity (Wildman–Crippen MR) is 75.8 cm³/mol. The molecule has 0 saturated carbocycles. The van der Waals surface area contributed by atoms with Crippen molar-refractivity contribution in [2.24, 2.45) is 0 Å². The van der Waals surface area contributed by atoms with Crippen LogP contribution in [0.3, 0.4) is 0 Å². The number of hydrogen-bond acceptors (Lipinski definition) is 4. The van der Waals surface area contributed by atoms with Crippen LogP contribution in [0.15, 0.2) is 28.9 Å². The number of anilines is 2. The molecule has 1 aromatic carbocycles. The van der Waals surface area contributed by atoms with Gasteiger partial charge in [0, 0.05) is 10.7 Å². The van der Waals surface area contributed by atoms with E-state index in [4.69, 9.17) is 16.3 Å². The smallest absolute Gasteiger partial charge is 0.232 e. The molecular weight excluding hydrogens is 318 g/mol. The molecule has 2 rings (SSSR count). The molecule has 4 nitrogen and oxygen atoms in total. The van der Waals surface area contributed by atoms with E-state index in [0.717, 1.165) is 11.3 Å². The van der Waals surface area contributed by atoms with Crippen LogP contribution >= 0.6 is 27.5 Å². The molecule has 0 amide bonds. The number of halogens is 2. The first kappa shape index (κ1) is 13.1. The van der Waals surface area contributed by atoms with E-state index in [1.807, 2.05) is 25.1 Å². The van der Waals surface area contributed by atoms with Crippen LogP contribution in [0.4, 0.5) is 11.6 Å². The third-order valence-corrected chi connectivity index (χ3v) is 3.37. The Bertz CT molecular complexity index is 577. The average Bonchev–Trinajstić information content (AvgIpc) is 2.37. The second-order valence-electron chi connectivity index (χ2n) is 3.59. The van der Waals surface area contributed by atoms with Gasteiger partial charge in [-0.1, -0.05) is 17.7 Å². The summed E-state index contributed by atoms with van der Waals surface area (Å²) in [5, 5.41) is 3.81. The van der Waals surface area contributed by atoms with Crippen molar-refractivity contribution in [3.63, 3.8) is 0 Å². The van der Waals surface area contributed by atoms with Crippen molar-refractivity contribution in [3.8, 4) is 5.88 Å². The Kier molecular flexibility index (Phi) is 4.04. The molecule has 0 spiro atoms. The first-order chi connectivity index (χ1) is 8.61. The number of rotatable bonds is 3. The minimum Gasteiger partial charge on any atom is -0.480 e. The maximum absolute atomic E-state index is 6.05. The number of aromatic nitrogens is 2. The Balaban J connectivity index is 2.31. The normalized spacial score (nSPS) is 10.2. The van der Waals surface area contributed by atoms with E-state index in [1.165, 1.54) is 0 Å². The van der Waals surface area contributed by atoms with Crippen molar-refractivity contribution in [2.75, 3.05) is 12.4 Å². The molecule has 2 aromatic rings. The quantitative estimate of drug-likeness (QED) is 0.926. The topological polar surface area (TPSA) is 47.0 Å². The highest BCUT2D eigenvalue weighted by molar-refractivity contribution is 9.10. The van der Waals surface area contributed by atoms with E-state index in [1.54, 1.807) is 13.3 Å². The molecular formula is C12H11BrClN3O. The van der Waals surface area contributed by atoms with Crippen LogP contribution in [-0.4, -0.2) is 17.1 Å². The van der Waals surface area contributed by atoms with Gasteiger partial charge in [0.05, 0.1) is 17.8 Å². The van der Waals surface area contributed by atoms with Gasteiger partial charge in [0.1, 0.15) is 0 Å². The van der Waals surface area contributed by atoms with Gasteiger partial charge in [-0.25, -0.2) is 4.98 Å². The van der Waals surface area contributed by atoms with Gasteiger partial charge >= 0.3 is 0 Å². The zero-order valence-corrected chi connectivity index (χ0v) is 12.2. The third-order valence-electron chi connectivity index (χ3n) is 2.42. The maximum Gasteiger partial charge on any atom is 0.232 e. The van der Waals surface area contributed by atoms with Gasteiger partial charge in [-0.3, -0.25) is 0 Å². The summed E-state index contributed by atoms with van der Waals surface area (Å²) >= 11 is 9.35. The Morgan fingerprint density at radius 2 is 2.17 bits per heavy atom. The molecule has 6 heteroatoms. The fourth-order valence-corrected chi connectivity index (χ4v) is 1.95. The van der Waals surface area contributed by atoms with Crippen LogP contribution in [0.1, 0.15) is 5.56 Å². The fourth-order valence-electron chi connectivity index (χ4n) is 1.42. The van der Waals surface area contributed by atoms with Crippen molar-refractivity contribution in [3.05, 3.63) is 39.5 Å². The number of nitrogens with one attached hydrogen (secondary N) is 1. The molecule has 94 valence electrons. The van der Waals surface area contributed by atoms with Gasteiger partial charge in [0.15, 0.2) is 0 Å². The Morgan fingerprint density at radius 3 is 2.89 bits per heavy atom. The lowest BCUT2D eigenvalue weighted by Crippen LogP contribution is -2.00. The van der Waals surface area contributed by atoms with Gasteiger partial charge in [-0.05, 0) is 40.5 Å². The molecule has 0 atom stereocenters. The van der Waals surface area contributed by atoms with Gasteiger partial charge < -0.3 is 10.1 Å². The summed E-state index contributed by atoms with van der Waals surface area (Å²) in [7, 11) is 1.56. The predicted octanol–water partition coefficient (Wildman–Crippen LogP) is 3.95. The van der Waals surface area contributed by atoms with Crippen LogP contribution in [0, 0.1) is 6.92 Å². The minimum atomic E-state index is 0.459. The third kappa shape index (κ3) is 2.73. The summed E-state index contributed by atoms with van der Waals surface area (Å²) in [5.41, 5.74) is 1.82. The van der Waals surface area contributed by atoms with Crippen molar-refractivity contribution in [1.29, 1.82) is 0 Å². The van der Waals surface area contributed by atoms with Crippen LogP contribution in [0.25, 0.3) is 0 Å². The number of methoxy groups -OCH3 is 1. The first-order valence-electron chi connectivity index (χ1n) is 5.20. The van der Waals surface area contributed by atoms with Crippen molar-refractivity contribution < 1.29 is 4.74 Å². The molecule has 0 fully saturated rings. The molecule has 0 bridgehead atoms. The van der Waals surface area contributed by atoms with E-state index >= 15 is 0 Å². The van der Waals surface area contributed by atoms with E-state index in [9.17, 15) is 0 Å². The molecule has 1 aromatic heterocycles. The van der Waals surface area contributed by atoms with Gasteiger partial charge in [0.2, 0.25) is 11.8 Å². The van der Waals surface area contributed by atoms with Crippen LogP contribution in [-0.2, 0) is 0 Å². The summed E-state index contributed by atoms with van der Waals surface area (Å²) in [5.74, 6) is 0.938. The zero-order chi connectivity index (χ0) is 13.1. The van der Waals surface area contributed by atoms with Crippen LogP contribution in [0.5, 0.6) is 5.88 Å². The highest BCUT2D eigenvalue weighted by atomic mass is 79.9. The summed E-state index contributed by atoms with van der Waals surface area (Å²) in [6, 6.07) is 5.62. The molecule has 0 aliphatic rings. The highest BCUT2D eigenvalue weighted by Crippen LogP contribution is 2.27. The largest absolute Gasteiger partial charge is 0.480 e. The Labute approximate surface area is 118 Å². The van der Waals surface area contributed by atoms with Crippen LogP contribution in [0.2, 0.25) is 5.02 Å². The summed E-state index contributed by atoms with van der Waals surface area (Å²) < 4.78 is 5.82. The number of ether oxygens (including phenoxy) is 1. The monoisotopic (exact) mass is 327 g/mol. The summed E-state index contributed by atoms with van der Waals surface area (Å²) in [6.07, 6.45) is 1.63. The van der Waals surface area contributed by atoms with Crippen LogP contribution < -0.4 is 10.1 Å². The van der Waals surface area contributed by atoms with Crippen molar-refractivity contribution >= 4 is 39.2 Å². The van der Waals surface area contributed by atoms with E-state index in [-0.39, 0.29) is 0 Å². The van der Waals surface area contributed by atoms with Gasteiger partial charge in [0.25, 0.3) is 0 Å². The Hall–Kier alpha value is -1.33. The minimum absolute atomic E-state index is 0.459. The Morgan fingerprint density at radius 1 is 1.39 bits per heavy atom. The molecule has 1 heterocycles. The van der Waals surface area contributed by atoms with E-state index in [2.05, 4.69) is 31.2 Å². The number of hydrogen-bond donors (Lipinski definition) is 1. The molecule has 0 aliphatic carbocycles. The van der Waals surface area contributed by atoms with Crippen molar-refractivity contribution in [1.82, 2.24) is 9.97 Å². The van der Waals surface area contributed by atoms with Crippen molar-refractivity contribution in [2.45, 2.75) is 6.92 Å². The summed E-state index contributed by atoms with van der Waals surface area (Å²) in [6.45, 7) is 1.93. The lowest BCUT2D eigenvalue weighted by Gasteiger charge is -2.10. The molecule has 0 unspecified atom stereocenters. The van der Waals surface area contributed by atoms with Gasteiger partial charge in [-0.15, -0.1) is 0 Å². The van der Waals surface area contributed by atoms with E-state index < -0.39 is 0 Å². The number of benzene rings is 1. The van der Waals surface area contributed by atoms with Gasteiger partial charge in [-0.2, -0.15) is 4.98 Å². The average molecular weight is 329 g/mol. The standard InChI is InChI=1S/C12H11BrClN3O/c1-7-9(14)4-3-5-10(7)16-12-15-6-8(13)11(17-12)18-2/h3-6H,1-2H3,(H,15,16,17). The highest BCUT2D eigenvalue weighted by Gasteiger charge is 2.07. The molecule has 0 radical (unpaired) electrons.